The van der Waals surface area contributed by atoms with Crippen LogP contribution in [0.1, 0.15) is 12.8 Å². The molecule has 5 nitrogen and oxygen atoms in total. The van der Waals surface area contributed by atoms with E-state index >= 15 is 0 Å². The number of piperidine rings is 1. The lowest BCUT2D eigenvalue weighted by Gasteiger charge is -2.36. The number of anilines is 1. The van der Waals surface area contributed by atoms with Crippen LogP contribution in [0.2, 0.25) is 0 Å². The smallest absolute Gasteiger partial charge is 0.415 e. The summed E-state index contributed by atoms with van der Waals surface area (Å²) in [6, 6.07) is 11.9. The summed E-state index contributed by atoms with van der Waals surface area (Å²) >= 11 is 0. The molecule has 0 N–H and O–H groups in total. The maximum absolute atomic E-state index is 12.0. The maximum atomic E-state index is 12.0. The quantitative estimate of drug-likeness (QED) is 0.827. The molecule has 2 saturated heterocycles. The molecule has 0 saturated carbocycles. The van der Waals surface area contributed by atoms with E-state index < -0.39 is 0 Å². The van der Waals surface area contributed by atoms with Crippen molar-refractivity contribution < 1.29 is 9.53 Å². The zero-order valence-electron chi connectivity index (χ0n) is 11.2. The third-order valence-corrected chi connectivity index (χ3v) is 3.94. The van der Waals surface area contributed by atoms with Gasteiger partial charge >= 0.3 is 6.09 Å². The second kappa shape index (κ2) is 5.51. The first-order chi connectivity index (χ1) is 9.79. The summed E-state index contributed by atoms with van der Waals surface area (Å²) in [6.07, 6.45) is 1.53. The minimum atomic E-state index is -0.305. The number of ether oxygens (including phenoxy) is 1. The van der Waals surface area contributed by atoms with Gasteiger partial charge < -0.3 is 4.74 Å². The van der Waals surface area contributed by atoms with Crippen molar-refractivity contribution in [3.63, 3.8) is 0 Å². The van der Waals surface area contributed by atoms with Crippen molar-refractivity contribution in [2.75, 3.05) is 24.6 Å². The Morgan fingerprint density at radius 1 is 1.30 bits per heavy atom. The number of hydrogen-bond acceptors (Lipinski definition) is 4. The fourth-order valence-corrected chi connectivity index (χ4v) is 2.93. The molecule has 2 atom stereocenters. The van der Waals surface area contributed by atoms with Gasteiger partial charge in [0.15, 0.2) is 0 Å². The molecule has 0 bridgehead atoms. The summed E-state index contributed by atoms with van der Waals surface area (Å²) < 4.78 is 5.22. The van der Waals surface area contributed by atoms with Crippen molar-refractivity contribution in [1.29, 1.82) is 5.26 Å². The third kappa shape index (κ3) is 2.35. The van der Waals surface area contributed by atoms with Crippen LogP contribution in [0.3, 0.4) is 0 Å². The molecule has 1 aromatic rings. The second-order valence-corrected chi connectivity index (χ2v) is 5.23. The number of nitrogens with zero attached hydrogens (tertiary/aromatic N) is 3. The Kier molecular flexibility index (Phi) is 3.57. The van der Waals surface area contributed by atoms with E-state index in [1.807, 2.05) is 30.3 Å². The molecule has 104 valence electrons. The van der Waals surface area contributed by atoms with E-state index in [1.165, 1.54) is 0 Å². The van der Waals surface area contributed by atoms with Crippen molar-refractivity contribution >= 4 is 11.8 Å². The van der Waals surface area contributed by atoms with E-state index in [4.69, 9.17) is 10.00 Å². The van der Waals surface area contributed by atoms with Gasteiger partial charge in [-0.1, -0.05) is 18.2 Å². The lowest BCUT2D eigenvalue weighted by atomic mass is 9.99. The first kappa shape index (κ1) is 12.9. The molecule has 2 heterocycles. The summed E-state index contributed by atoms with van der Waals surface area (Å²) in [7, 11) is 0. The van der Waals surface area contributed by atoms with Gasteiger partial charge in [-0.15, -0.1) is 0 Å². The Morgan fingerprint density at radius 2 is 2.10 bits per heavy atom. The molecule has 0 spiro atoms. The van der Waals surface area contributed by atoms with Crippen LogP contribution < -0.4 is 4.90 Å². The van der Waals surface area contributed by atoms with Crippen LogP contribution >= 0.6 is 0 Å². The fourth-order valence-electron chi connectivity index (χ4n) is 2.93. The van der Waals surface area contributed by atoms with Gasteiger partial charge in [-0.25, -0.2) is 4.79 Å². The minimum absolute atomic E-state index is 0.0528. The van der Waals surface area contributed by atoms with Crippen molar-refractivity contribution in [2.45, 2.75) is 19.0 Å². The molecule has 1 aromatic carbocycles. The van der Waals surface area contributed by atoms with E-state index in [-0.39, 0.29) is 18.2 Å². The number of benzene rings is 1. The number of likely N-dealkylation sites (tertiary alicyclic amines) is 1. The molecule has 3 rings (SSSR count). The number of cyclic esters (lactones) is 1. The van der Waals surface area contributed by atoms with Gasteiger partial charge in [0.2, 0.25) is 0 Å². The molecule has 2 unspecified atom stereocenters. The fraction of sp³-hybridized carbons (Fsp3) is 0.467. The summed E-state index contributed by atoms with van der Waals surface area (Å²) in [5.74, 6) is 0.0528. The highest BCUT2D eigenvalue weighted by Crippen LogP contribution is 2.27. The zero-order chi connectivity index (χ0) is 13.9. The van der Waals surface area contributed by atoms with Crippen LogP contribution in [0.25, 0.3) is 0 Å². The minimum Gasteiger partial charge on any atom is -0.445 e. The van der Waals surface area contributed by atoms with E-state index in [1.54, 1.807) is 4.90 Å². The number of carbonyl (C=O) groups excluding carboxylic acids is 1. The monoisotopic (exact) mass is 271 g/mol. The topological polar surface area (TPSA) is 56.6 Å². The van der Waals surface area contributed by atoms with Gasteiger partial charge in [0, 0.05) is 18.8 Å². The second-order valence-electron chi connectivity index (χ2n) is 5.23. The van der Waals surface area contributed by atoms with E-state index in [0.29, 0.717) is 13.2 Å². The number of nitriles is 1. The molecule has 0 aromatic heterocycles. The molecule has 1 amide bonds. The van der Waals surface area contributed by atoms with Crippen molar-refractivity contribution in [3.05, 3.63) is 30.3 Å². The van der Waals surface area contributed by atoms with Gasteiger partial charge in [0.25, 0.3) is 0 Å². The van der Waals surface area contributed by atoms with Crippen molar-refractivity contribution in [3.8, 4) is 6.07 Å². The number of rotatable bonds is 2. The van der Waals surface area contributed by atoms with Gasteiger partial charge in [-0.05, 0) is 25.0 Å². The van der Waals surface area contributed by atoms with Gasteiger partial charge in [0.05, 0.1) is 12.0 Å². The van der Waals surface area contributed by atoms with E-state index in [0.717, 1.165) is 25.1 Å². The molecular formula is C15H17N3O2. The molecule has 0 aliphatic carbocycles. The summed E-state index contributed by atoms with van der Waals surface area (Å²) in [4.78, 5) is 15.9. The highest BCUT2D eigenvalue weighted by molar-refractivity contribution is 5.90. The lowest BCUT2D eigenvalue weighted by molar-refractivity contribution is 0.121. The number of carbonyl (C=O) groups is 1. The van der Waals surface area contributed by atoms with E-state index in [9.17, 15) is 4.79 Å². The SMILES string of the molecule is N#CC1CCCN(C2COC(=O)N2c2ccccc2)C1. The zero-order valence-corrected chi connectivity index (χ0v) is 11.2. The standard InChI is InChI=1S/C15H17N3O2/c16-9-12-5-4-8-17(10-12)14-11-20-15(19)18(14)13-6-2-1-3-7-13/h1-3,6-7,12,14H,4-5,8,10-11H2. The van der Waals surface area contributed by atoms with Crippen molar-refractivity contribution in [1.82, 2.24) is 4.90 Å². The average molecular weight is 271 g/mol. The Labute approximate surface area is 118 Å². The molecule has 2 fully saturated rings. The highest BCUT2D eigenvalue weighted by Gasteiger charge is 2.39. The lowest BCUT2D eigenvalue weighted by Crippen LogP contribution is -2.51. The van der Waals surface area contributed by atoms with Crippen LogP contribution in [-0.2, 0) is 4.74 Å². The summed E-state index contributed by atoms with van der Waals surface area (Å²) in [5.41, 5.74) is 0.846. The van der Waals surface area contributed by atoms with Crippen LogP contribution in [0, 0.1) is 17.2 Å². The van der Waals surface area contributed by atoms with E-state index in [2.05, 4.69) is 11.0 Å². The normalized spacial score (nSPS) is 27.1. The molecule has 2 aliphatic rings. The van der Waals surface area contributed by atoms with Crippen molar-refractivity contribution in [2.24, 2.45) is 5.92 Å². The van der Waals surface area contributed by atoms with Crippen LogP contribution in [0.5, 0.6) is 0 Å². The third-order valence-electron chi connectivity index (χ3n) is 3.94. The highest BCUT2D eigenvalue weighted by atomic mass is 16.6. The van der Waals surface area contributed by atoms with Gasteiger partial charge in [-0.3, -0.25) is 9.80 Å². The van der Waals surface area contributed by atoms with Gasteiger partial charge in [0.1, 0.15) is 12.8 Å². The van der Waals surface area contributed by atoms with Crippen LogP contribution in [0.15, 0.2) is 30.3 Å². The average Bonchev–Trinajstić information content (AvgIpc) is 2.90. The number of para-hydroxylation sites is 1. The number of hydrogen-bond donors (Lipinski definition) is 0. The molecule has 5 heteroatoms. The summed E-state index contributed by atoms with van der Waals surface area (Å²) in [5, 5.41) is 9.10. The first-order valence-electron chi connectivity index (χ1n) is 6.94. The molecule has 20 heavy (non-hydrogen) atoms. The maximum Gasteiger partial charge on any atom is 0.415 e. The Hall–Kier alpha value is -2.06. The predicted molar refractivity (Wildman–Crippen MR) is 74.0 cm³/mol. The Morgan fingerprint density at radius 3 is 2.85 bits per heavy atom. The summed E-state index contributed by atoms with van der Waals surface area (Å²) in [6.45, 7) is 1.98. The molecule has 0 radical (unpaired) electrons. The van der Waals surface area contributed by atoms with Crippen LogP contribution in [0.4, 0.5) is 10.5 Å². The molecule has 2 aliphatic heterocycles. The number of amides is 1. The van der Waals surface area contributed by atoms with Crippen LogP contribution in [-0.4, -0.2) is 36.9 Å². The van der Waals surface area contributed by atoms with Gasteiger partial charge in [-0.2, -0.15) is 5.26 Å². The predicted octanol–water partition coefficient (Wildman–Crippen LogP) is 2.20. The molecular weight excluding hydrogens is 254 g/mol. The Bertz CT molecular complexity index is 526. The first-order valence-corrected chi connectivity index (χ1v) is 6.94. The Balaban J connectivity index is 1.82. The largest absolute Gasteiger partial charge is 0.445 e.